The fourth-order valence-electron chi connectivity index (χ4n) is 3.77. The summed E-state index contributed by atoms with van der Waals surface area (Å²) in [6.07, 6.45) is 3.77. The van der Waals surface area contributed by atoms with Crippen LogP contribution in [0, 0.1) is 6.92 Å². The molecule has 1 amide bonds. The number of likely N-dealkylation sites (tertiary alicyclic amines) is 1. The van der Waals surface area contributed by atoms with Crippen LogP contribution < -0.4 is 5.32 Å². The van der Waals surface area contributed by atoms with Crippen molar-refractivity contribution in [3.8, 4) is 0 Å². The number of hydrogen-bond acceptors (Lipinski definition) is 6. The Labute approximate surface area is 171 Å². The molecule has 0 spiro atoms. The molecule has 0 unspecified atom stereocenters. The van der Waals surface area contributed by atoms with Crippen LogP contribution in [-0.2, 0) is 6.54 Å². The predicted molar refractivity (Wildman–Crippen MR) is 116 cm³/mol. The van der Waals surface area contributed by atoms with Gasteiger partial charge in [0.1, 0.15) is 17.0 Å². The lowest BCUT2D eigenvalue weighted by Crippen LogP contribution is -2.27. The lowest BCUT2D eigenvalue weighted by molar-refractivity contribution is 0.0797. The summed E-state index contributed by atoms with van der Waals surface area (Å²) in [6, 6.07) is 10.6. The van der Waals surface area contributed by atoms with Gasteiger partial charge in [-0.25, -0.2) is 9.97 Å². The average Bonchev–Trinajstić information content (AvgIpc) is 3.44. The normalized spacial score (nSPS) is 14.2. The van der Waals surface area contributed by atoms with E-state index in [1.807, 2.05) is 11.8 Å². The van der Waals surface area contributed by atoms with Crippen LogP contribution in [0.25, 0.3) is 20.3 Å². The summed E-state index contributed by atoms with van der Waals surface area (Å²) in [7, 11) is 0. The first-order valence-corrected chi connectivity index (χ1v) is 11.1. The molecule has 1 saturated heterocycles. The van der Waals surface area contributed by atoms with Crippen molar-refractivity contribution in [1.82, 2.24) is 14.9 Å². The molecule has 28 heavy (non-hydrogen) atoms. The molecule has 0 radical (unpaired) electrons. The summed E-state index contributed by atoms with van der Waals surface area (Å²) >= 11 is 3.27. The number of benzene rings is 1. The molecule has 1 aromatic carbocycles. The van der Waals surface area contributed by atoms with E-state index in [0.29, 0.717) is 6.54 Å². The number of anilines is 1. The van der Waals surface area contributed by atoms with Crippen molar-refractivity contribution in [2.45, 2.75) is 26.3 Å². The summed E-state index contributed by atoms with van der Waals surface area (Å²) in [5.41, 5.74) is 0.983. The van der Waals surface area contributed by atoms with E-state index in [2.05, 4.69) is 45.6 Å². The molecule has 1 N–H and O–H groups in total. The molecule has 3 aromatic heterocycles. The Bertz CT molecular complexity index is 1140. The molecule has 4 heterocycles. The van der Waals surface area contributed by atoms with Gasteiger partial charge in [-0.15, -0.1) is 22.7 Å². The Balaban J connectivity index is 1.45. The molecule has 7 heteroatoms. The first-order valence-electron chi connectivity index (χ1n) is 9.45. The third-order valence-electron chi connectivity index (χ3n) is 5.22. The molecule has 1 aliphatic rings. The Kier molecular flexibility index (Phi) is 4.49. The van der Waals surface area contributed by atoms with E-state index in [0.717, 1.165) is 52.4 Å². The summed E-state index contributed by atoms with van der Waals surface area (Å²) in [6.45, 7) is 4.43. The zero-order valence-corrected chi connectivity index (χ0v) is 17.2. The highest BCUT2D eigenvalue weighted by Crippen LogP contribution is 2.35. The fourth-order valence-corrected chi connectivity index (χ4v) is 5.89. The van der Waals surface area contributed by atoms with Crippen LogP contribution in [0.5, 0.6) is 0 Å². The van der Waals surface area contributed by atoms with Gasteiger partial charge >= 0.3 is 0 Å². The Hall–Kier alpha value is -2.51. The molecule has 1 aliphatic heterocycles. The summed E-state index contributed by atoms with van der Waals surface area (Å²) in [5.74, 6) is 0.935. The maximum atomic E-state index is 12.9. The Morgan fingerprint density at radius 2 is 2.00 bits per heavy atom. The number of nitrogens with one attached hydrogen (secondary N) is 1. The van der Waals surface area contributed by atoms with Gasteiger partial charge in [-0.3, -0.25) is 4.79 Å². The molecule has 142 valence electrons. The van der Waals surface area contributed by atoms with Gasteiger partial charge in [0.05, 0.1) is 16.8 Å². The van der Waals surface area contributed by atoms with Gasteiger partial charge < -0.3 is 10.2 Å². The third kappa shape index (κ3) is 3.04. The molecule has 5 rings (SSSR count). The van der Waals surface area contributed by atoms with Crippen LogP contribution in [0.3, 0.4) is 0 Å². The van der Waals surface area contributed by atoms with Crippen molar-refractivity contribution < 1.29 is 4.79 Å². The van der Waals surface area contributed by atoms with Crippen LogP contribution in [0.15, 0.2) is 36.7 Å². The van der Waals surface area contributed by atoms with Crippen molar-refractivity contribution in [2.24, 2.45) is 0 Å². The first-order chi connectivity index (χ1) is 13.7. The topological polar surface area (TPSA) is 58.1 Å². The zero-order chi connectivity index (χ0) is 19.1. The second-order valence-corrected chi connectivity index (χ2v) is 9.23. The van der Waals surface area contributed by atoms with E-state index >= 15 is 0 Å². The zero-order valence-electron chi connectivity index (χ0n) is 15.6. The number of carbonyl (C=O) groups excluding carboxylic acids is 1. The molecule has 0 bridgehead atoms. The monoisotopic (exact) mass is 408 g/mol. The van der Waals surface area contributed by atoms with E-state index < -0.39 is 0 Å². The van der Waals surface area contributed by atoms with Gasteiger partial charge in [-0.2, -0.15) is 0 Å². The van der Waals surface area contributed by atoms with Crippen molar-refractivity contribution in [2.75, 3.05) is 18.4 Å². The quantitative estimate of drug-likeness (QED) is 0.513. The predicted octanol–water partition coefficient (Wildman–Crippen LogP) is 5.06. The number of carbonyl (C=O) groups is 1. The second kappa shape index (κ2) is 7.14. The molecule has 0 aliphatic carbocycles. The number of hydrogen-bond donors (Lipinski definition) is 1. The van der Waals surface area contributed by atoms with Crippen molar-refractivity contribution >= 4 is 54.7 Å². The van der Waals surface area contributed by atoms with Crippen LogP contribution in [0.2, 0.25) is 0 Å². The van der Waals surface area contributed by atoms with E-state index in [1.165, 1.54) is 26.3 Å². The summed E-state index contributed by atoms with van der Waals surface area (Å²) in [4.78, 5) is 26.7. The molecule has 0 saturated carbocycles. The first kappa shape index (κ1) is 17.6. The van der Waals surface area contributed by atoms with Gasteiger partial charge in [0.15, 0.2) is 0 Å². The highest BCUT2D eigenvalue weighted by atomic mass is 32.1. The molecule has 4 aromatic rings. The number of thiophene rings is 2. The maximum Gasteiger partial charge on any atom is 0.264 e. The standard InChI is InChI=1S/C21H20N4OS2/c1-13-17-19(22-11-15-10-14-6-2-3-7-16(14)27-15)23-12-24-20(17)28-18(13)21(26)25-8-4-5-9-25/h2-3,6-7,10,12H,4-5,8-9,11H2,1H3,(H,22,23,24). The molecular weight excluding hydrogens is 388 g/mol. The minimum Gasteiger partial charge on any atom is -0.365 e. The van der Waals surface area contributed by atoms with Crippen molar-refractivity contribution in [3.05, 3.63) is 52.0 Å². The largest absolute Gasteiger partial charge is 0.365 e. The minimum atomic E-state index is 0.133. The van der Waals surface area contributed by atoms with Crippen molar-refractivity contribution in [3.63, 3.8) is 0 Å². The Morgan fingerprint density at radius 3 is 2.82 bits per heavy atom. The lowest BCUT2D eigenvalue weighted by Gasteiger charge is -2.14. The third-order valence-corrected chi connectivity index (χ3v) is 7.52. The van der Waals surface area contributed by atoms with Gasteiger partial charge in [0, 0.05) is 22.7 Å². The Morgan fingerprint density at radius 1 is 1.18 bits per heavy atom. The van der Waals surface area contributed by atoms with Gasteiger partial charge in [0.2, 0.25) is 0 Å². The van der Waals surface area contributed by atoms with Crippen LogP contribution in [-0.4, -0.2) is 33.9 Å². The number of rotatable bonds is 4. The van der Waals surface area contributed by atoms with Crippen LogP contribution in [0.4, 0.5) is 5.82 Å². The summed E-state index contributed by atoms with van der Waals surface area (Å²) in [5, 5.41) is 5.70. The fraction of sp³-hybridized carbons (Fsp3) is 0.286. The number of aromatic nitrogens is 2. The van der Waals surface area contributed by atoms with Crippen molar-refractivity contribution in [1.29, 1.82) is 0 Å². The number of amides is 1. The molecular formula is C21H20N4OS2. The number of nitrogens with zero attached hydrogens (tertiary/aromatic N) is 3. The van der Waals surface area contributed by atoms with E-state index in [-0.39, 0.29) is 5.91 Å². The highest BCUT2D eigenvalue weighted by Gasteiger charge is 2.25. The SMILES string of the molecule is Cc1c(C(=O)N2CCCC2)sc2ncnc(NCc3cc4ccccc4s3)c12. The van der Waals surface area contributed by atoms with Gasteiger partial charge in [0.25, 0.3) is 5.91 Å². The number of aryl methyl sites for hydroxylation is 1. The lowest BCUT2D eigenvalue weighted by atomic mass is 10.2. The summed E-state index contributed by atoms with van der Waals surface area (Å²) < 4.78 is 1.29. The smallest absolute Gasteiger partial charge is 0.264 e. The average molecular weight is 409 g/mol. The molecule has 0 atom stereocenters. The second-order valence-electron chi connectivity index (χ2n) is 7.06. The molecule has 5 nitrogen and oxygen atoms in total. The minimum absolute atomic E-state index is 0.133. The van der Waals surface area contributed by atoms with Gasteiger partial charge in [-0.1, -0.05) is 18.2 Å². The van der Waals surface area contributed by atoms with Crippen LogP contribution in [0.1, 0.15) is 33.0 Å². The van der Waals surface area contributed by atoms with E-state index in [4.69, 9.17) is 0 Å². The van der Waals surface area contributed by atoms with E-state index in [1.54, 1.807) is 17.7 Å². The maximum absolute atomic E-state index is 12.9. The highest BCUT2D eigenvalue weighted by molar-refractivity contribution is 7.20. The van der Waals surface area contributed by atoms with E-state index in [9.17, 15) is 4.79 Å². The van der Waals surface area contributed by atoms with Gasteiger partial charge in [-0.05, 0) is 42.8 Å². The molecule has 1 fully saturated rings. The van der Waals surface area contributed by atoms with Crippen LogP contribution >= 0.6 is 22.7 Å². The number of fused-ring (bicyclic) bond motifs is 2.